The molecule has 2 N–H and O–H groups in total. The van der Waals surface area contributed by atoms with Gasteiger partial charge in [0.25, 0.3) is 5.91 Å². The molecule has 1 aromatic heterocycles. The van der Waals surface area contributed by atoms with Gasteiger partial charge in [0.1, 0.15) is 0 Å². The summed E-state index contributed by atoms with van der Waals surface area (Å²) in [6.45, 7) is 3.45. The monoisotopic (exact) mass is 281 g/mol. The highest BCUT2D eigenvalue weighted by molar-refractivity contribution is 5.99. The summed E-state index contributed by atoms with van der Waals surface area (Å²) in [7, 11) is 0. The number of hydrogen-bond acceptors (Lipinski definition) is 3. The van der Waals surface area contributed by atoms with Crippen molar-refractivity contribution in [2.24, 2.45) is 0 Å². The van der Waals surface area contributed by atoms with E-state index in [1.165, 1.54) is 11.1 Å². The smallest absolute Gasteiger partial charge is 0.253 e. The summed E-state index contributed by atoms with van der Waals surface area (Å²) in [5, 5.41) is 6.20. The van der Waals surface area contributed by atoms with Crippen LogP contribution in [0.5, 0.6) is 0 Å². The molecule has 0 aliphatic heterocycles. The number of carbonyl (C=O) groups excluding carboxylic acids is 1. The predicted molar refractivity (Wildman–Crippen MR) is 83.6 cm³/mol. The van der Waals surface area contributed by atoms with Crippen molar-refractivity contribution in [1.29, 1.82) is 0 Å². The van der Waals surface area contributed by atoms with Crippen LogP contribution in [0.2, 0.25) is 0 Å². The van der Waals surface area contributed by atoms with Gasteiger partial charge in [-0.3, -0.25) is 9.78 Å². The number of nitrogens with zero attached hydrogens (tertiary/aromatic N) is 1. The lowest BCUT2D eigenvalue weighted by molar-refractivity contribution is 0.0950. The Kier molecular flexibility index (Phi) is 3.86. The summed E-state index contributed by atoms with van der Waals surface area (Å²) in [5.41, 5.74) is 4.19. The van der Waals surface area contributed by atoms with Gasteiger partial charge in [-0.1, -0.05) is 24.3 Å². The Hall–Kier alpha value is -2.36. The second-order valence-corrected chi connectivity index (χ2v) is 5.26. The van der Waals surface area contributed by atoms with Crippen LogP contribution >= 0.6 is 0 Å². The second kappa shape index (κ2) is 5.95. The molecule has 0 saturated carbocycles. The van der Waals surface area contributed by atoms with Gasteiger partial charge in [-0.15, -0.1) is 0 Å². The highest BCUT2D eigenvalue weighted by Crippen LogP contribution is 2.34. The van der Waals surface area contributed by atoms with E-state index in [9.17, 15) is 4.79 Å². The van der Waals surface area contributed by atoms with E-state index in [4.69, 9.17) is 0 Å². The number of rotatable bonds is 5. The topological polar surface area (TPSA) is 54.0 Å². The molecule has 4 heteroatoms. The van der Waals surface area contributed by atoms with Gasteiger partial charge < -0.3 is 10.6 Å². The molecule has 0 saturated heterocycles. The first-order chi connectivity index (χ1) is 10.3. The minimum absolute atomic E-state index is 0.0438. The maximum absolute atomic E-state index is 12.3. The van der Waals surface area contributed by atoms with Crippen molar-refractivity contribution in [3.63, 3.8) is 0 Å². The first-order valence-electron chi connectivity index (χ1n) is 7.33. The first kappa shape index (κ1) is 13.6. The van der Waals surface area contributed by atoms with Crippen LogP contribution < -0.4 is 10.6 Å². The number of carbonyl (C=O) groups is 1. The number of benzene rings is 1. The van der Waals surface area contributed by atoms with Crippen molar-refractivity contribution in [2.45, 2.75) is 19.3 Å². The van der Waals surface area contributed by atoms with Crippen molar-refractivity contribution in [3.05, 3.63) is 59.4 Å². The van der Waals surface area contributed by atoms with Gasteiger partial charge in [-0.2, -0.15) is 0 Å². The lowest BCUT2D eigenvalue weighted by Gasteiger charge is -2.30. The second-order valence-electron chi connectivity index (χ2n) is 5.26. The summed E-state index contributed by atoms with van der Waals surface area (Å²) >= 11 is 0. The van der Waals surface area contributed by atoms with E-state index in [-0.39, 0.29) is 5.91 Å². The molecule has 1 unspecified atom stereocenters. The fraction of sp³-hybridized carbons (Fsp3) is 0.294. The summed E-state index contributed by atoms with van der Waals surface area (Å²) in [4.78, 5) is 16.4. The summed E-state index contributed by atoms with van der Waals surface area (Å²) in [6, 6.07) is 10.2. The fourth-order valence-corrected chi connectivity index (χ4v) is 2.78. The van der Waals surface area contributed by atoms with Crippen LogP contribution in [-0.2, 0) is 6.42 Å². The zero-order valence-electron chi connectivity index (χ0n) is 12.1. The van der Waals surface area contributed by atoms with Crippen molar-refractivity contribution < 1.29 is 4.79 Å². The van der Waals surface area contributed by atoms with Crippen LogP contribution in [0.4, 0.5) is 5.69 Å². The van der Waals surface area contributed by atoms with Gasteiger partial charge in [0, 0.05) is 25.2 Å². The van der Waals surface area contributed by atoms with Crippen LogP contribution in [-0.4, -0.2) is 24.0 Å². The number of fused-ring (bicyclic) bond motifs is 1. The van der Waals surface area contributed by atoms with E-state index >= 15 is 0 Å². The van der Waals surface area contributed by atoms with Crippen molar-refractivity contribution in [1.82, 2.24) is 10.3 Å². The number of pyridine rings is 1. The summed E-state index contributed by atoms with van der Waals surface area (Å²) in [6.07, 6.45) is 4.39. The molecule has 4 nitrogen and oxygen atoms in total. The van der Waals surface area contributed by atoms with Crippen molar-refractivity contribution in [2.75, 3.05) is 18.4 Å². The van der Waals surface area contributed by atoms with E-state index in [2.05, 4.69) is 39.9 Å². The maximum Gasteiger partial charge on any atom is 0.253 e. The number of anilines is 1. The third-order valence-electron chi connectivity index (χ3n) is 3.90. The van der Waals surface area contributed by atoms with Gasteiger partial charge in [-0.25, -0.2) is 0 Å². The average molecular weight is 281 g/mol. The van der Waals surface area contributed by atoms with Crippen molar-refractivity contribution >= 4 is 11.6 Å². The lowest BCUT2D eigenvalue weighted by Crippen LogP contribution is -2.33. The Balaban J connectivity index is 1.63. The highest BCUT2D eigenvalue weighted by atomic mass is 16.1. The zero-order valence-corrected chi connectivity index (χ0v) is 12.1. The van der Waals surface area contributed by atoms with Gasteiger partial charge in [-0.05, 0) is 30.5 Å². The van der Waals surface area contributed by atoms with Gasteiger partial charge >= 0.3 is 0 Å². The highest BCUT2D eigenvalue weighted by Gasteiger charge is 2.25. The van der Waals surface area contributed by atoms with E-state index in [1.807, 2.05) is 6.92 Å². The molecule has 2 aromatic rings. The number of hydrogen-bond donors (Lipinski definition) is 2. The molecule has 108 valence electrons. The molecule has 1 aromatic carbocycles. The Morgan fingerprint density at radius 1 is 1.33 bits per heavy atom. The third kappa shape index (κ3) is 2.75. The number of amides is 1. The third-order valence-corrected chi connectivity index (χ3v) is 3.90. The van der Waals surface area contributed by atoms with Gasteiger partial charge in [0.05, 0.1) is 17.4 Å². The largest absolute Gasteiger partial charge is 0.383 e. The molecule has 1 aliphatic rings. The van der Waals surface area contributed by atoms with Crippen molar-refractivity contribution in [3.8, 4) is 0 Å². The lowest BCUT2D eigenvalue weighted by atomic mass is 9.77. The quantitative estimate of drug-likeness (QED) is 0.885. The molecule has 0 fully saturated rings. The Morgan fingerprint density at radius 3 is 3.00 bits per heavy atom. The molecule has 3 rings (SSSR count). The predicted octanol–water partition coefficient (Wildman–Crippen LogP) is 2.58. The normalized spacial score (nSPS) is 15.8. The van der Waals surface area contributed by atoms with Crippen LogP contribution in [0.1, 0.15) is 34.3 Å². The van der Waals surface area contributed by atoms with Gasteiger partial charge in [0.2, 0.25) is 0 Å². The molecule has 0 bridgehead atoms. The molecule has 0 radical (unpaired) electrons. The number of nitrogens with one attached hydrogen (secondary N) is 2. The molecule has 1 heterocycles. The van der Waals surface area contributed by atoms with E-state index < -0.39 is 0 Å². The maximum atomic E-state index is 12.3. The molecule has 1 atom stereocenters. The van der Waals surface area contributed by atoms with E-state index in [0.717, 1.165) is 18.7 Å². The van der Waals surface area contributed by atoms with Crippen LogP contribution in [0.15, 0.2) is 42.7 Å². The molecule has 21 heavy (non-hydrogen) atoms. The Labute approximate surface area is 124 Å². The Bertz CT molecular complexity index is 654. The van der Waals surface area contributed by atoms with E-state index in [1.54, 1.807) is 18.5 Å². The fourth-order valence-electron chi connectivity index (χ4n) is 2.78. The van der Waals surface area contributed by atoms with Crippen LogP contribution in [0.3, 0.4) is 0 Å². The summed E-state index contributed by atoms with van der Waals surface area (Å²) in [5.74, 6) is 0.396. The standard InChI is InChI=1S/C17H19N3O/c1-2-19-16-11-18-8-7-15(16)17(21)20-10-13-9-12-5-3-4-6-14(12)13/h3-8,11,13,19H,2,9-10H2,1H3,(H,20,21). The molecule has 0 spiro atoms. The SMILES string of the molecule is CCNc1cnccc1C(=O)NCC1Cc2ccccc21. The minimum atomic E-state index is -0.0438. The van der Waals surface area contributed by atoms with Crippen LogP contribution in [0, 0.1) is 0 Å². The first-order valence-corrected chi connectivity index (χ1v) is 7.33. The minimum Gasteiger partial charge on any atom is -0.383 e. The molecule has 1 aliphatic carbocycles. The zero-order chi connectivity index (χ0) is 14.7. The van der Waals surface area contributed by atoms with Crippen LogP contribution in [0.25, 0.3) is 0 Å². The number of aromatic nitrogens is 1. The average Bonchev–Trinajstić information content (AvgIpc) is 2.49. The molecule has 1 amide bonds. The van der Waals surface area contributed by atoms with E-state index in [0.29, 0.717) is 18.0 Å². The Morgan fingerprint density at radius 2 is 2.19 bits per heavy atom. The summed E-state index contributed by atoms with van der Waals surface area (Å²) < 4.78 is 0. The molecular formula is C17H19N3O. The molecular weight excluding hydrogens is 262 g/mol. The van der Waals surface area contributed by atoms with Gasteiger partial charge in [0.15, 0.2) is 0 Å².